The maximum atomic E-state index is 12.1. The SMILES string of the molecule is CCOC(=O)COc1ccccc1C(c1c(C)[nH]c2ccccc12)c1c(C)[nH]c2ccccc12. The molecule has 5 heteroatoms. The minimum absolute atomic E-state index is 0.106. The summed E-state index contributed by atoms with van der Waals surface area (Å²) in [7, 11) is 0. The Morgan fingerprint density at radius 2 is 1.32 bits per heavy atom. The molecule has 34 heavy (non-hydrogen) atoms. The van der Waals surface area contributed by atoms with E-state index in [1.54, 1.807) is 6.92 Å². The van der Waals surface area contributed by atoms with Crippen molar-refractivity contribution in [3.8, 4) is 5.75 Å². The summed E-state index contributed by atoms with van der Waals surface area (Å²) in [5, 5.41) is 2.35. The third kappa shape index (κ3) is 3.83. The minimum Gasteiger partial charge on any atom is -0.482 e. The number of fused-ring (bicyclic) bond motifs is 2. The number of hydrogen-bond donors (Lipinski definition) is 2. The molecular formula is C29H28N2O3. The van der Waals surface area contributed by atoms with Crippen molar-refractivity contribution in [1.29, 1.82) is 0 Å². The Morgan fingerprint density at radius 1 is 0.794 bits per heavy atom. The lowest BCUT2D eigenvalue weighted by molar-refractivity contribution is -0.145. The minimum atomic E-state index is -0.375. The molecule has 2 aromatic heterocycles. The van der Waals surface area contributed by atoms with Gasteiger partial charge in [0.05, 0.1) is 6.61 Å². The first-order valence-corrected chi connectivity index (χ1v) is 11.6. The van der Waals surface area contributed by atoms with Crippen LogP contribution in [0.15, 0.2) is 72.8 Å². The van der Waals surface area contributed by atoms with Crippen molar-refractivity contribution in [3.63, 3.8) is 0 Å². The molecule has 0 atom stereocenters. The molecule has 0 amide bonds. The summed E-state index contributed by atoms with van der Waals surface area (Å²) < 4.78 is 11.1. The molecular weight excluding hydrogens is 424 g/mol. The fourth-order valence-electron chi connectivity index (χ4n) is 4.99. The summed E-state index contributed by atoms with van der Waals surface area (Å²) in [4.78, 5) is 19.2. The van der Waals surface area contributed by atoms with Crippen molar-refractivity contribution in [3.05, 3.63) is 101 Å². The van der Waals surface area contributed by atoms with Crippen LogP contribution in [0.2, 0.25) is 0 Å². The van der Waals surface area contributed by atoms with Gasteiger partial charge >= 0.3 is 5.97 Å². The highest BCUT2D eigenvalue weighted by molar-refractivity contribution is 5.91. The number of aryl methyl sites for hydroxylation is 2. The van der Waals surface area contributed by atoms with Gasteiger partial charge in [0, 0.05) is 44.7 Å². The zero-order chi connectivity index (χ0) is 23.7. The third-order valence-corrected chi connectivity index (χ3v) is 6.35. The molecule has 0 radical (unpaired) electrons. The van der Waals surface area contributed by atoms with E-state index >= 15 is 0 Å². The van der Waals surface area contributed by atoms with Crippen molar-refractivity contribution in [2.75, 3.05) is 13.2 Å². The number of benzene rings is 3. The van der Waals surface area contributed by atoms with Gasteiger partial charge in [-0.3, -0.25) is 0 Å². The number of H-pyrrole nitrogens is 2. The van der Waals surface area contributed by atoms with E-state index in [0.717, 1.165) is 28.0 Å². The number of para-hydroxylation sites is 3. The zero-order valence-electron chi connectivity index (χ0n) is 19.6. The first-order valence-electron chi connectivity index (χ1n) is 11.6. The van der Waals surface area contributed by atoms with Crippen LogP contribution < -0.4 is 4.74 Å². The quantitative estimate of drug-likeness (QED) is 0.281. The van der Waals surface area contributed by atoms with Crippen molar-refractivity contribution < 1.29 is 14.3 Å². The van der Waals surface area contributed by atoms with Crippen LogP contribution in [0.4, 0.5) is 0 Å². The van der Waals surface area contributed by atoms with E-state index in [9.17, 15) is 4.79 Å². The second-order valence-corrected chi connectivity index (χ2v) is 8.48. The van der Waals surface area contributed by atoms with Gasteiger partial charge in [0.2, 0.25) is 0 Å². The molecule has 0 spiro atoms. The maximum Gasteiger partial charge on any atom is 0.344 e. The Labute approximate surface area is 198 Å². The summed E-state index contributed by atoms with van der Waals surface area (Å²) >= 11 is 0. The molecule has 5 aromatic rings. The molecule has 0 bridgehead atoms. The summed E-state index contributed by atoms with van der Waals surface area (Å²) in [5.74, 6) is 0.195. The summed E-state index contributed by atoms with van der Waals surface area (Å²) in [6, 6.07) is 24.7. The van der Waals surface area contributed by atoms with E-state index in [2.05, 4.69) is 66.3 Å². The van der Waals surface area contributed by atoms with Crippen LogP contribution in [0.5, 0.6) is 5.75 Å². The number of hydrogen-bond acceptors (Lipinski definition) is 3. The molecule has 2 N–H and O–H groups in total. The second-order valence-electron chi connectivity index (χ2n) is 8.48. The Bertz CT molecular complexity index is 1400. The van der Waals surface area contributed by atoms with Gasteiger partial charge in [0.1, 0.15) is 5.75 Å². The van der Waals surface area contributed by atoms with E-state index in [4.69, 9.17) is 9.47 Å². The van der Waals surface area contributed by atoms with Gasteiger partial charge in [0.25, 0.3) is 0 Å². The molecule has 0 unspecified atom stereocenters. The van der Waals surface area contributed by atoms with Crippen LogP contribution in [-0.2, 0) is 9.53 Å². The van der Waals surface area contributed by atoms with Gasteiger partial charge in [0.15, 0.2) is 6.61 Å². The Hall–Kier alpha value is -3.99. The average Bonchev–Trinajstić information content (AvgIpc) is 3.35. The lowest BCUT2D eigenvalue weighted by Crippen LogP contribution is -2.16. The van der Waals surface area contributed by atoms with Crippen molar-refractivity contribution in [2.45, 2.75) is 26.7 Å². The fourth-order valence-corrected chi connectivity index (χ4v) is 4.99. The van der Waals surface area contributed by atoms with E-state index < -0.39 is 0 Å². The van der Waals surface area contributed by atoms with E-state index in [-0.39, 0.29) is 18.5 Å². The van der Waals surface area contributed by atoms with Crippen LogP contribution in [0.1, 0.15) is 40.9 Å². The number of aromatic amines is 2. The highest BCUT2D eigenvalue weighted by Crippen LogP contribution is 2.45. The van der Waals surface area contributed by atoms with Crippen LogP contribution in [0, 0.1) is 13.8 Å². The lowest BCUT2D eigenvalue weighted by Gasteiger charge is -2.23. The van der Waals surface area contributed by atoms with Crippen LogP contribution in [-0.4, -0.2) is 29.2 Å². The van der Waals surface area contributed by atoms with Crippen molar-refractivity contribution in [2.24, 2.45) is 0 Å². The van der Waals surface area contributed by atoms with Crippen molar-refractivity contribution >= 4 is 27.8 Å². The molecule has 0 saturated heterocycles. The summed E-state index contributed by atoms with van der Waals surface area (Å²) in [6.45, 7) is 6.23. The molecule has 0 aliphatic rings. The van der Waals surface area contributed by atoms with E-state index in [1.807, 2.05) is 30.3 Å². The topological polar surface area (TPSA) is 67.1 Å². The second kappa shape index (κ2) is 9.10. The van der Waals surface area contributed by atoms with Gasteiger partial charge in [-0.25, -0.2) is 4.79 Å². The highest BCUT2D eigenvalue weighted by atomic mass is 16.6. The predicted molar refractivity (Wildman–Crippen MR) is 136 cm³/mol. The smallest absolute Gasteiger partial charge is 0.344 e. The Kier molecular flexibility index (Phi) is 5.84. The first-order chi connectivity index (χ1) is 16.6. The monoisotopic (exact) mass is 452 g/mol. The first kappa shape index (κ1) is 21.8. The van der Waals surface area contributed by atoms with Crippen LogP contribution in [0.3, 0.4) is 0 Å². The van der Waals surface area contributed by atoms with Crippen molar-refractivity contribution in [1.82, 2.24) is 9.97 Å². The third-order valence-electron chi connectivity index (χ3n) is 6.35. The molecule has 0 saturated carbocycles. The molecule has 0 fully saturated rings. The van der Waals surface area contributed by atoms with Gasteiger partial charge in [-0.2, -0.15) is 0 Å². The molecule has 0 aliphatic carbocycles. The van der Waals surface area contributed by atoms with E-state index in [0.29, 0.717) is 12.4 Å². The molecule has 2 heterocycles. The molecule has 3 aromatic carbocycles. The van der Waals surface area contributed by atoms with Crippen LogP contribution in [0.25, 0.3) is 21.8 Å². The van der Waals surface area contributed by atoms with Gasteiger partial charge < -0.3 is 19.4 Å². The van der Waals surface area contributed by atoms with Gasteiger partial charge in [-0.15, -0.1) is 0 Å². The number of carbonyl (C=O) groups is 1. The molecule has 5 nitrogen and oxygen atoms in total. The average molecular weight is 453 g/mol. The predicted octanol–water partition coefficient (Wildman–Crippen LogP) is 6.39. The molecule has 172 valence electrons. The van der Waals surface area contributed by atoms with Gasteiger partial charge in [-0.05, 0) is 50.1 Å². The number of carbonyl (C=O) groups excluding carboxylic acids is 1. The number of esters is 1. The summed E-state index contributed by atoms with van der Waals surface area (Å²) in [6.07, 6.45) is 0. The van der Waals surface area contributed by atoms with E-state index in [1.165, 1.54) is 21.9 Å². The maximum absolute atomic E-state index is 12.1. The fraction of sp³-hybridized carbons (Fsp3) is 0.207. The highest BCUT2D eigenvalue weighted by Gasteiger charge is 2.29. The normalized spacial score (nSPS) is 11.4. The van der Waals surface area contributed by atoms with Gasteiger partial charge in [-0.1, -0.05) is 54.6 Å². The number of nitrogens with one attached hydrogen (secondary N) is 2. The lowest BCUT2D eigenvalue weighted by atomic mass is 9.81. The summed E-state index contributed by atoms with van der Waals surface area (Å²) in [5.41, 5.74) is 7.83. The number of rotatable bonds is 7. The largest absolute Gasteiger partial charge is 0.482 e. The standard InChI is InChI=1S/C29H28N2O3/c1-4-33-26(32)17-34-25-16-10-7-13-22(25)29(27-18(2)30-23-14-8-5-11-20(23)27)28-19(3)31-24-15-9-6-12-21(24)28/h5-16,29-31H,4,17H2,1-3H3. The Morgan fingerprint density at radius 3 is 1.91 bits per heavy atom. The number of aromatic nitrogens is 2. The van der Waals surface area contributed by atoms with Crippen LogP contribution >= 0.6 is 0 Å². The number of ether oxygens (including phenoxy) is 2. The Balaban J connectivity index is 1.75. The zero-order valence-corrected chi connectivity index (χ0v) is 19.6. The molecule has 5 rings (SSSR count). The molecule has 0 aliphatic heterocycles.